The number of aromatic nitrogens is 4. The molecule has 0 radical (unpaired) electrons. The van der Waals surface area contributed by atoms with Crippen LogP contribution >= 0.6 is 11.6 Å². The lowest BCUT2D eigenvalue weighted by Gasteiger charge is -2.12. The van der Waals surface area contributed by atoms with E-state index in [2.05, 4.69) is 20.4 Å². The van der Waals surface area contributed by atoms with E-state index in [4.69, 9.17) is 11.6 Å². The van der Waals surface area contributed by atoms with Crippen molar-refractivity contribution >= 4 is 28.8 Å². The molecule has 7 heteroatoms. The van der Waals surface area contributed by atoms with E-state index < -0.39 is 0 Å². The number of hydrogen-bond acceptors (Lipinski definition) is 4. The second kappa shape index (κ2) is 6.57. The maximum absolute atomic E-state index is 12.8. The summed E-state index contributed by atoms with van der Waals surface area (Å²) in [6.07, 6.45) is 6.60. The summed E-state index contributed by atoms with van der Waals surface area (Å²) < 4.78 is 1.56. The number of benzene rings is 1. The number of halogens is 1. The summed E-state index contributed by atoms with van der Waals surface area (Å²) in [7, 11) is 0. The first-order valence-corrected chi connectivity index (χ1v) is 8.32. The highest BCUT2D eigenvalue weighted by Crippen LogP contribution is 2.30. The second-order valence-corrected chi connectivity index (χ2v) is 6.22. The summed E-state index contributed by atoms with van der Waals surface area (Å²) >= 11 is 6.10. The van der Waals surface area contributed by atoms with Gasteiger partial charge < -0.3 is 5.32 Å². The number of amides is 1. The smallest absolute Gasteiger partial charge is 0.261 e. The lowest BCUT2D eigenvalue weighted by atomic mass is 10.1. The van der Waals surface area contributed by atoms with Crippen molar-refractivity contribution in [2.75, 3.05) is 5.32 Å². The standard InChI is InChI=1S/C19H14ClN5O/c1-12-8-17(15(10-22-12)13-4-2-5-14(20)9-13)24-19(26)16-11-23-25-7-3-6-21-18(16)25/h2-11H,1H3,(H,22,24,26). The molecule has 6 nitrogen and oxygen atoms in total. The molecule has 0 aliphatic rings. The van der Waals surface area contributed by atoms with Gasteiger partial charge in [0, 0.05) is 34.9 Å². The van der Waals surface area contributed by atoms with Crippen molar-refractivity contribution in [1.29, 1.82) is 0 Å². The monoisotopic (exact) mass is 363 g/mol. The van der Waals surface area contributed by atoms with Crippen LogP contribution in [0.5, 0.6) is 0 Å². The average Bonchev–Trinajstić information content (AvgIpc) is 3.06. The van der Waals surface area contributed by atoms with E-state index >= 15 is 0 Å². The third-order valence-corrected chi connectivity index (χ3v) is 4.18. The third kappa shape index (κ3) is 3.02. The largest absolute Gasteiger partial charge is 0.321 e. The van der Waals surface area contributed by atoms with E-state index in [9.17, 15) is 4.79 Å². The van der Waals surface area contributed by atoms with Crippen molar-refractivity contribution in [3.05, 3.63) is 77.5 Å². The molecule has 0 unspecified atom stereocenters. The molecule has 0 fully saturated rings. The zero-order valence-corrected chi connectivity index (χ0v) is 14.6. The van der Waals surface area contributed by atoms with Crippen LogP contribution in [-0.2, 0) is 0 Å². The molecule has 0 spiro atoms. The molecular formula is C19H14ClN5O. The predicted octanol–water partition coefficient (Wildman–Crippen LogP) is 4.01. The number of anilines is 1. The van der Waals surface area contributed by atoms with E-state index in [0.29, 0.717) is 21.9 Å². The fourth-order valence-electron chi connectivity index (χ4n) is 2.73. The summed E-state index contributed by atoms with van der Waals surface area (Å²) in [5, 5.41) is 7.72. The number of nitrogens with one attached hydrogen (secondary N) is 1. The first kappa shape index (κ1) is 16.2. The zero-order valence-electron chi connectivity index (χ0n) is 13.8. The Kier molecular flexibility index (Phi) is 4.10. The van der Waals surface area contributed by atoms with Crippen LogP contribution in [0, 0.1) is 6.92 Å². The van der Waals surface area contributed by atoms with Gasteiger partial charge >= 0.3 is 0 Å². The minimum absolute atomic E-state index is 0.285. The maximum atomic E-state index is 12.8. The van der Waals surface area contributed by atoms with Crippen LogP contribution in [0.15, 0.2) is 61.2 Å². The van der Waals surface area contributed by atoms with Crippen LogP contribution in [0.4, 0.5) is 5.69 Å². The number of fused-ring (bicyclic) bond motifs is 1. The van der Waals surface area contributed by atoms with Gasteiger partial charge in [-0.05, 0) is 36.8 Å². The van der Waals surface area contributed by atoms with E-state index in [1.54, 1.807) is 35.2 Å². The highest BCUT2D eigenvalue weighted by atomic mass is 35.5. The first-order valence-electron chi connectivity index (χ1n) is 7.94. The number of pyridine rings is 1. The van der Waals surface area contributed by atoms with Gasteiger partial charge in [0.2, 0.25) is 0 Å². The van der Waals surface area contributed by atoms with Gasteiger partial charge in [0.1, 0.15) is 5.56 Å². The Morgan fingerprint density at radius 3 is 2.88 bits per heavy atom. The Morgan fingerprint density at radius 1 is 1.15 bits per heavy atom. The van der Waals surface area contributed by atoms with Gasteiger partial charge in [-0.15, -0.1) is 0 Å². The molecule has 4 rings (SSSR count). The summed E-state index contributed by atoms with van der Waals surface area (Å²) in [5.41, 5.74) is 4.01. The summed E-state index contributed by atoms with van der Waals surface area (Å²) in [5.74, 6) is -0.285. The fourth-order valence-corrected chi connectivity index (χ4v) is 2.92. The molecule has 4 aromatic rings. The first-order chi connectivity index (χ1) is 12.6. The summed E-state index contributed by atoms with van der Waals surface area (Å²) in [6.45, 7) is 1.87. The van der Waals surface area contributed by atoms with Crippen molar-refractivity contribution in [3.8, 4) is 11.1 Å². The van der Waals surface area contributed by atoms with Crippen LogP contribution < -0.4 is 5.32 Å². The van der Waals surface area contributed by atoms with E-state index in [-0.39, 0.29) is 5.91 Å². The van der Waals surface area contributed by atoms with Gasteiger partial charge in [-0.25, -0.2) is 9.50 Å². The van der Waals surface area contributed by atoms with Crippen LogP contribution in [0.1, 0.15) is 16.1 Å². The van der Waals surface area contributed by atoms with Crippen molar-refractivity contribution < 1.29 is 4.79 Å². The molecule has 1 amide bonds. The van der Waals surface area contributed by atoms with Crippen molar-refractivity contribution in [2.45, 2.75) is 6.92 Å². The molecular weight excluding hydrogens is 350 g/mol. The van der Waals surface area contributed by atoms with Gasteiger partial charge in [0.15, 0.2) is 5.65 Å². The van der Waals surface area contributed by atoms with Gasteiger partial charge in [-0.2, -0.15) is 5.10 Å². The molecule has 0 saturated carbocycles. The molecule has 1 N–H and O–H groups in total. The Balaban J connectivity index is 1.74. The normalized spacial score (nSPS) is 10.8. The van der Waals surface area contributed by atoms with Gasteiger partial charge in [0.25, 0.3) is 5.91 Å². The molecule has 1 aromatic carbocycles. The van der Waals surface area contributed by atoms with E-state index in [0.717, 1.165) is 16.8 Å². The molecule has 3 aromatic heterocycles. The minimum atomic E-state index is -0.285. The predicted molar refractivity (Wildman–Crippen MR) is 100 cm³/mol. The summed E-state index contributed by atoms with van der Waals surface area (Å²) in [6, 6.07) is 11.0. The Hall–Kier alpha value is -3.25. The molecule has 0 bridgehead atoms. The van der Waals surface area contributed by atoms with Crippen LogP contribution in [0.2, 0.25) is 5.02 Å². The third-order valence-electron chi connectivity index (χ3n) is 3.95. The van der Waals surface area contributed by atoms with Crippen LogP contribution in [0.3, 0.4) is 0 Å². The molecule has 3 heterocycles. The zero-order chi connectivity index (χ0) is 18.1. The second-order valence-electron chi connectivity index (χ2n) is 5.78. The van der Waals surface area contributed by atoms with Crippen molar-refractivity contribution in [2.24, 2.45) is 0 Å². The topological polar surface area (TPSA) is 72.2 Å². The Bertz CT molecular complexity index is 1120. The highest BCUT2D eigenvalue weighted by Gasteiger charge is 2.16. The SMILES string of the molecule is Cc1cc(NC(=O)c2cnn3cccnc23)c(-c2cccc(Cl)c2)cn1. The average molecular weight is 364 g/mol. The van der Waals surface area contributed by atoms with E-state index in [1.807, 2.05) is 31.2 Å². The number of aryl methyl sites for hydroxylation is 1. The number of hydrogen-bond donors (Lipinski definition) is 1. The quantitative estimate of drug-likeness (QED) is 0.597. The summed E-state index contributed by atoms with van der Waals surface area (Å²) in [4.78, 5) is 21.4. The van der Waals surface area contributed by atoms with Crippen molar-refractivity contribution in [1.82, 2.24) is 19.6 Å². The molecule has 0 saturated heterocycles. The number of carbonyl (C=O) groups excluding carboxylic acids is 1. The van der Waals surface area contributed by atoms with Gasteiger partial charge in [-0.3, -0.25) is 9.78 Å². The molecule has 26 heavy (non-hydrogen) atoms. The number of rotatable bonds is 3. The van der Waals surface area contributed by atoms with E-state index in [1.165, 1.54) is 6.20 Å². The van der Waals surface area contributed by atoms with Crippen molar-refractivity contribution in [3.63, 3.8) is 0 Å². The highest BCUT2D eigenvalue weighted by molar-refractivity contribution is 6.30. The molecule has 0 aliphatic heterocycles. The molecule has 128 valence electrons. The Labute approximate surface area is 154 Å². The van der Waals surface area contributed by atoms with Crippen LogP contribution in [0.25, 0.3) is 16.8 Å². The van der Waals surface area contributed by atoms with Crippen LogP contribution in [-0.4, -0.2) is 25.5 Å². The maximum Gasteiger partial charge on any atom is 0.261 e. The lowest BCUT2D eigenvalue weighted by molar-refractivity contribution is 0.102. The molecule has 0 atom stereocenters. The Morgan fingerprint density at radius 2 is 2.04 bits per heavy atom. The minimum Gasteiger partial charge on any atom is -0.321 e. The number of nitrogens with zero attached hydrogens (tertiary/aromatic N) is 4. The lowest BCUT2D eigenvalue weighted by Crippen LogP contribution is -2.13. The van der Waals surface area contributed by atoms with Gasteiger partial charge in [0.05, 0.1) is 11.9 Å². The molecule has 0 aliphatic carbocycles. The fraction of sp³-hybridized carbons (Fsp3) is 0.0526. The van der Waals surface area contributed by atoms with Gasteiger partial charge in [-0.1, -0.05) is 23.7 Å². The number of carbonyl (C=O) groups is 1.